The Morgan fingerprint density at radius 1 is 1.19 bits per heavy atom. The Morgan fingerprint density at radius 2 is 2.00 bits per heavy atom. The second-order valence-electron chi connectivity index (χ2n) is 5.34. The fourth-order valence-corrected chi connectivity index (χ4v) is 2.99. The standard InChI is InChI=1S/C18H21BrFN/c1-3-9-21-18(12-14-5-4-6-15(19)11-14)17-8-7-16(20)10-13(17)2/h4-8,10-11,18,21H,3,9,12H2,1-2H3. The van der Waals surface area contributed by atoms with Gasteiger partial charge in [0.15, 0.2) is 0 Å². The molecule has 0 aliphatic carbocycles. The minimum Gasteiger partial charge on any atom is -0.310 e. The van der Waals surface area contributed by atoms with Crippen LogP contribution >= 0.6 is 15.9 Å². The zero-order valence-corrected chi connectivity index (χ0v) is 14.1. The Balaban J connectivity index is 2.25. The maximum atomic E-state index is 13.3. The minimum atomic E-state index is -0.173. The number of rotatable bonds is 6. The number of hydrogen-bond acceptors (Lipinski definition) is 1. The largest absolute Gasteiger partial charge is 0.310 e. The van der Waals surface area contributed by atoms with E-state index in [2.05, 4.69) is 40.3 Å². The summed E-state index contributed by atoms with van der Waals surface area (Å²) < 4.78 is 14.4. The highest BCUT2D eigenvalue weighted by atomic mass is 79.9. The first-order valence-electron chi connectivity index (χ1n) is 7.34. The van der Waals surface area contributed by atoms with Gasteiger partial charge in [0.25, 0.3) is 0 Å². The second-order valence-corrected chi connectivity index (χ2v) is 6.26. The highest BCUT2D eigenvalue weighted by Crippen LogP contribution is 2.24. The molecule has 0 bridgehead atoms. The van der Waals surface area contributed by atoms with Crippen LogP contribution in [0, 0.1) is 12.7 Å². The van der Waals surface area contributed by atoms with Crippen LogP contribution in [0.2, 0.25) is 0 Å². The van der Waals surface area contributed by atoms with E-state index in [-0.39, 0.29) is 11.9 Å². The smallest absolute Gasteiger partial charge is 0.123 e. The highest BCUT2D eigenvalue weighted by molar-refractivity contribution is 9.10. The molecular formula is C18H21BrFN. The summed E-state index contributed by atoms with van der Waals surface area (Å²) in [6.45, 7) is 5.08. The number of nitrogens with one attached hydrogen (secondary N) is 1. The molecule has 0 fully saturated rings. The van der Waals surface area contributed by atoms with Crippen LogP contribution in [0.3, 0.4) is 0 Å². The first-order chi connectivity index (χ1) is 10.1. The van der Waals surface area contributed by atoms with Crippen LogP contribution in [0.1, 0.15) is 36.1 Å². The number of halogens is 2. The van der Waals surface area contributed by atoms with Crippen molar-refractivity contribution in [2.45, 2.75) is 32.7 Å². The summed E-state index contributed by atoms with van der Waals surface area (Å²) in [7, 11) is 0. The lowest BCUT2D eigenvalue weighted by Crippen LogP contribution is -2.24. The third-order valence-corrected chi connectivity index (χ3v) is 4.07. The topological polar surface area (TPSA) is 12.0 Å². The predicted molar refractivity (Wildman–Crippen MR) is 90.0 cm³/mol. The van der Waals surface area contributed by atoms with Crippen LogP contribution in [-0.4, -0.2) is 6.54 Å². The maximum absolute atomic E-state index is 13.3. The van der Waals surface area contributed by atoms with Gasteiger partial charge in [-0.1, -0.05) is 41.1 Å². The summed E-state index contributed by atoms with van der Waals surface area (Å²) in [4.78, 5) is 0. The van der Waals surface area contributed by atoms with Crippen LogP contribution in [0.25, 0.3) is 0 Å². The maximum Gasteiger partial charge on any atom is 0.123 e. The SMILES string of the molecule is CCCNC(Cc1cccc(Br)c1)c1ccc(F)cc1C. The summed E-state index contributed by atoms with van der Waals surface area (Å²) >= 11 is 3.51. The first-order valence-corrected chi connectivity index (χ1v) is 8.13. The summed E-state index contributed by atoms with van der Waals surface area (Å²) in [5, 5.41) is 3.58. The Morgan fingerprint density at radius 3 is 2.67 bits per heavy atom. The Labute approximate surface area is 134 Å². The van der Waals surface area contributed by atoms with Gasteiger partial charge in [0.2, 0.25) is 0 Å². The third kappa shape index (κ3) is 4.65. The van der Waals surface area contributed by atoms with Crippen LogP contribution in [0.15, 0.2) is 46.9 Å². The van der Waals surface area contributed by atoms with E-state index in [0.717, 1.165) is 29.4 Å². The van der Waals surface area contributed by atoms with Crippen molar-refractivity contribution in [2.24, 2.45) is 0 Å². The van der Waals surface area contributed by atoms with Crippen molar-refractivity contribution in [3.05, 3.63) is 69.4 Å². The molecule has 2 aromatic carbocycles. The van der Waals surface area contributed by atoms with E-state index in [9.17, 15) is 4.39 Å². The van der Waals surface area contributed by atoms with Gasteiger partial charge in [-0.3, -0.25) is 0 Å². The molecule has 3 heteroatoms. The molecule has 1 nitrogen and oxygen atoms in total. The molecule has 0 heterocycles. The zero-order valence-electron chi connectivity index (χ0n) is 12.5. The predicted octanol–water partition coefficient (Wildman–Crippen LogP) is 5.18. The van der Waals surface area contributed by atoms with Gasteiger partial charge in [0.1, 0.15) is 5.82 Å². The highest BCUT2D eigenvalue weighted by Gasteiger charge is 2.14. The summed E-state index contributed by atoms with van der Waals surface area (Å²) in [5.74, 6) is -0.173. The molecule has 0 saturated heterocycles. The minimum absolute atomic E-state index is 0.173. The van der Waals surface area contributed by atoms with Crippen molar-refractivity contribution < 1.29 is 4.39 Å². The van der Waals surface area contributed by atoms with Crippen molar-refractivity contribution in [3.63, 3.8) is 0 Å². The molecule has 1 N–H and O–H groups in total. The molecule has 0 amide bonds. The monoisotopic (exact) mass is 349 g/mol. The number of aryl methyl sites for hydroxylation is 1. The van der Waals surface area contributed by atoms with Gasteiger partial charge in [0.05, 0.1) is 0 Å². The molecule has 1 atom stereocenters. The lowest BCUT2D eigenvalue weighted by Gasteiger charge is -2.21. The molecule has 0 spiro atoms. The molecule has 2 aromatic rings. The van der Waals surface area contributed by atoms with Crippen LogP contribution in [0.4, 0.5) is 4.39 Å². The third-order valence-electron chi connectivity index (χ3n) is 3.58. The molecule has 0 aromatic heterocycles. The van der Waals surface area contributed by atoms with Crippen LogP contribution < -0.4 is 5.32 Å². The molecule has 0 aliphatic rings. The molecule has 112 valence electrons. The van der Waals surface area contributed by atoms with Crippen molar-refractivity contribution >= 4 is 15.9 Å². The van der Waals surface area contributed by atoms with Gasteiger partial charge in [-0.05, 0) is 67.3 Å². The molecule has 0 radical (unpaired) electrons. The van der Waals surface area contributed by atoms with Crippen molar-refractivity contribution in [2.75, 3.05) is 6.54 Å². The van der Waals surface area contributed by atoms with Gasteiger partial charge < -0.3 is 5.32 Å². The van der Waals surface area contributed by atoms with Gasteiger partial charge in [-0.15, -0.1) is 0 Å². The zero-order chi connectivity index (χ0) is 15.2. The number of hydrogen-bond donors (Lipinski definition) is 1. The van der Waals surface area contributed by atoms with Gasteiger partial charge in [-0.25, -0.2) is 4.39 Å². The fraction of sp³-hybridized carbons (Fsp3) is 0.333. The normalized spacial score (nSPS) is 12.4. The summed E-state index contributed by atoms with van der Waals surface area (Å²) in [5.41, 5.74) is 3.44. The quantitative estimate of drug-likeness (QED) is 0.757. The van der Waals surface area contributed by atoms with Crippen molar-refractivity contribution in [1.29, 1.82) is 0 Å². The number of benzene rings is 2. The van der Waals surface area contributed by atoms with E-state index in [1.807, 2.05) is 25.1 Å². The van der Waals surface area contributed by atoms with E-state index >= 15 is 0 Å². The Hall–Kier alpha value is -1.19. The summed E-state index contributed by atoms with van der Waals surface area (Å²) in [6.07, 6.45) is 1.97. The average Bonchev–Trinajstić information content (AvgIpc) is 2.44. The molecule has 0 saturated carbocycles. The van der Waals surface area contributed by atoms with Crippen molar-refractivity contribution in [3.8, 4) is 0 Å². The van der Waals surface area contributed by atoms with E-state index in [0.29, 0.717) is 0 Å². The molecule has 0 aliphatic heterocycles. The van der Waals surface area contributed by atoms with Crippen molar-refractivity contribution in [1.82, 2.24) is 5.32 Å². The van der Waals surface area contributed by atoms with Gasteiger partial charge in [-0.2, -0.15) is 0 Å². The van der Waals surface area contributed by atoms with E-state index in [1.165, 1.54) is 11.1 Å². The lowest BCUT2D eigenvalue weighted by molar-refractivity contribution is 0.525. The Bertz CT molecular complexity index is 598. The first kappa shape index (κ1) is 16.2. The van der Waals surface area contributed by atoms with E-state index < -0.39 is 0 Å². The molecule has 21 heavy (non-hydrogen) atoms. The Kier molecular flexibility index (Phi) is 5.95. The lowest BCUT2D eigenvalue weighted by atomic mass is 9.95. The fourth-order valence-electron chi connectivity index (χ4n) is 2.54. The molecule has 2 rings (SSSR count). The molecular weight excluding hydrogens is 329 g/mol. The molecule has 1 unspecified atom stereocenters. The second kappa shape index (κ2) is 7.71. The van der Waals surface area contributed by atoms with E-state index in [1.54, 1.807) is 12.1 Å². The van der Waals surface area contributed by atoms with Gasteiger partial charge in [0, 0.05) is 10.5 Å². The summed E-state index contributed by atoms with van der Waals surface area (Å²) in [6, 6.07) is 13.6. The van der Waals surface area contributed by atoms with E-state index in [4.69, 9.17) is 0 Å². The van der Waals surface area contributed by atoms with Crippen LogP contribution in [0.5, 0.6) is 0 Å². The van der Waals surface area contributed by atoms with Gasteiger partial charge >= 0.3 is 0 Å². The van der Waals surface area contributed by atoms with Crippen LogP contribution in [-0.2, 0) is 6.42 Å². The average molecular weight is 350 g/mol.